The van der Waals surface area contributed by atoms with E-state index < -0.39 is 10.2 Å². The number of aryl methyl sites for hydroxylation is 1. The molecular weight excluding hydrogens is 510 g/mol. The van der Waals surface area contributed by atoms with Crippen LogP contribution in [0.1, 0.15) is 45.2 Å². The molecule has 2 aliphatic rings. The number of nitrogens with zero attached hydrogens (tertiary/aromatic N) is 7. The maximum atomic E-state index is 13.5. The quantitative estimate of drug-likeness (QED) is 0.440. The van der Waals surface area contributed by atoms with Gasteiger partial charge in [0.25, 0.3) is 10.2 Å². The van der Waals surface area contributed by atoms with Crippen molar-refractivity contribution in [2.45, 2.75) is 64.6 Å². The molecule has 0 amide bonds. The zero-order chi connectivity index (χ0) is 26.3. The van der Waals surface area contributed by atoms with Crippen molar-refractivity contribution in [1.82, 2.24) is 28.8 Å². The molecule has 0 spiro atoms. The van der Waals surface area contributed by atoms with E-state index in [1.54, 1.807) is 15.6 Å². The fraction of sp³-hybridized carbons (Fsp3) is 0.583. The average Bonchev–Trinajstić information content (AvgIpc) is 3.50. The van der Waals surface area contributed by atoms with Crippen LogP contribution in [0, 0.1) is 24.2 Å². The van der Waals surface area contributed by atoms with Crippen LogP contribution >= 0.6 is 11.3 Å². The Kier molecular flexibility index (Phi) is 7.10. The third-order valence-corrected chi connectivity index (χ3v) is 10.4. The van der Waals surface area contributed by atoms with Crippen molar-refractivity contribution in [3.05, 3.63) is 23.2 Å². The first-order chi connectivity index (χ1) is 17.7. The summed E-state index contributed by atoms with van der Waals surface area (Å²) >= 11 is 1.56. The minimum atomic E-state index is -3.62. The molecule has 3 aromatic rings. The lowest BCUT2D eigenvalue weighted by molar-refractivity contribution is 0.129. The first-order valence-electron chi connectivity index (χ1n) is 12.7. The van der Waals surface area contributed by atoms with Crippen LogP contribution in [0.2, 0.25) is 0 Å². The van der Waals surface area contributed by atoms with E-state index in [1.165, 1.54) is 4.31 Å². The van der Waals surface area contributed by atoms with Gasteiger partial charge in [0.05, 0.1) is 17.4 Å². The number of hydrogen-bond acceptors (Lipinski definition) is 9. The van der Waals surface area contributed by atoms with Crippen LogP contribution in [-0.4, -0.2) is 75.5 Å². The molecule has 2 N–H and O–H groups in total. The van der Waals surface area contributed by atoms with Gasteiger partial charge in [-0.3, -0.25) is 5.10 Å². The van der Waals surface area contributed by atoms with Gasteiger partial charge in [-0.15, -0.1) is 11.3 Å². The van der Waals surface area contributed by atoms with Crippen molar-refractivity contribution in [2.24, 2.45) is 5.92 Å². The Bertz CT molecular complexity index is 1390. The normalized spacial score (nSPS) is 23.6. The molecule has 2 aliphatic heterocycles. The number of aromatic nitrogens is 4. The van der Waals surface area contributed by atoms with Gasteiger partial charge in [-0.25, -0.2) is 4.98 Å². The number of rotatable bonds is 8. The maximum Gasteiger partial charge on any atom is 0.282 e. The van der Waals surface area contributed by atoms with Crippen molar-refractivity contribution in [1.29, 1.82) is 5.26 Å². The van der Waals surface area contributed by atoms with E-state index in [9.17, 15) is 8.42 Å². The molecule has 0 radical (unpaired) electrons. The van der Waals surface area contributed by atoms with E-state index in [1.807, 2.05) is 45.3 Å². The number of nitrogens with one attached hydrogen (secondary N) is 2. The number of nitriles is 1. The van der Waals surface area contributed by atoms with Crippen LogP contribution in [-0.2, 0) is 10.2 Å². The maximum absolute atomic E-state index is 13.5. The molecule has 1 unspecified atom stereocenters. The molecule has 198 valence electrons. The summed E-state index contributed by atoms with van der Waals surface area (Å²) in [6.45, 7) is 6.59. The van der Waals surface area contributed by atoms with E-state index in [-0.39, 0.29) is 37.1 Å². The second-order valence-corrected chi connectivity index (χ2v) is 12.6. The Hall–Kier alpha value is -2.79. The smallest absolute Gasteiger partial charge is 0.282 e. The number of piperidine rings is 1. The molecule has 0 aliphatic carbocycles. The van der Waals surface area contributed by atoms with Gasteiger partial charge in [0, 0.05) is 50.0 Å². The highest BCUT2D eigenvalue weighted by molar-refractivity contribution is 7.86. The number of H-pyrrole nitrogens is 1. The van der Waals surface area contributed by atoms with Gasteiger partial charge in [-0.2, -0.15) is 32.4 Å². The van der Waals surface area contributed by atoms with Crippen molar-refractivity contribution in [2.75, 3.05) is 30.4 Å². The van der Waals surface area contributed by atoms with E-state index in [4.69, 9.17) is 15.2 Å². The summed E-state index contributed by atoms with van der Waals surface area (Å²) in [4.78, 5) is 12.7. The lowest BCUT2D eigenvalue weighted by atomic mass is 9.90. The van der Waals surface area contributed by atoms with Crippen LogP contribution in [0.4, 0.5) is 17.6 Å². The Morgan fingerprint density at radius 3 is 2.54 bits per heavy atom. The van der Waals surface area contributed by atoms with E-state index in [0.29, 0.717) is 43.3 Å². The SMILES string of the molecule is CC[C@@H]1CC(N(C)c2nc(Nc3cc(C)[nH]n3)c3ccsc3n2)C[C@H](CC)N1S(=O)(=O)N1CC(C#N)C1. The molecular formula is C24H33N9O2S2. The monoisotopic (exact) mass is 543 g/mol. The highest BCUT2D eigenvalue weighted by Gasteiger charge is 2.47. The van der Waals surface area contributed by atoms with Crippen LogP contribution < -0.4 is 10.2 Å². The Labute approximate surface area is 221 Å². The molecule has 37 heavy (non-hydrogen) atoms. The fourth-order valence-corrected chi connectivity index (χ4v) is 8.31. The van der Waals surface area contributed by atoms with Crippen molar-refractivity contribution in [3.63, 3.8) is 0 Å². The Morgan fingerprint density at radius 2 is 1.95 bits per heavy atom. The third kappa shape index (κ3) is 4.79. The van der Waals surface area contributed by atoms with E-state index in [2.05, 4.69) is 26.5 Å². The zero-order valence-electron chi connectivity index (χ0n) is 21.5. The van der Waals surface area contributed by atoms with Gasteiger partial charge in [0.2, 0.25) is 5.95 Å². The summed E-state index contributed by atoms with van der Waals surface area (Å²) in [7, 11) is -1.62. The topological polar surface area (TPSA) is 134 Å². The Balaban J connectivity index is 1.40. The standard InChI is InChI=1S/C24H33N9O2S2/c1-5-17-10-19(11-18(6-2)33(17)37(34,35)32-13-16(12-25)14-32)31(4)24-27-22(20-7-8-36-23(20)28-24)26-21-9-15(3)29-30-21/h7-9,16-19H,5-6,10-11,13-14H2,1-4H3,(H2,26,27,28,29,30)/t17-,18+,19?. The minimum absolute atomic E-state index is 0.0856. The highest BCUT2D eigenvalue weighted by Crippen LogP contribution is 2.37. The molecule has 0 aromatic carbocycles. The second kappa shape index (κ2) is 10.2. The van der Waals surface area contributed by atoms with Crippen molar-refractivity contribution >= 4 is 49.3 Å². The molecule has 0 bridgehead atoms. The lowest BCUT2D eigenvalue weighted by Crippen LogP contribution is -2.62. The van der Waals surface area contributed by atoms with Gasteiger partial charge >= 0.3 is 0 Å². The molecule has 11 nitrogen and oxygen atoms in total. The number of thiophene rings is 1. The fourth-order valence-electron chi connectivity index (χ4n) is 5.32. The first kappa shape index (κ1) is 25.8. The molecule has 2 saturated heterocycles. The van der Waals surface area contributed by atoms with Gasteiger partial charge < -0.3 is 10.2 Å². The van der Waals surface area contributed by atoms with Gasteiger partial charge in [0.15, 0.2) is 5.82 Å². The number of anilines is 3. The van der Waals surface area contributed by atoms with E-state index >= 15 is 0 Å². The predicted molar refractivity (Wildman–Crippen MR) is 145 cm³/mol. The number of fused-ring (bicyclic) bond motifs is 1. The van der Waals surface area contributed by atoms with Gasteiger partial charge in [0.1, 0.15) is 10.6 Å². The summed E-state index contributed by atoms with van der Waals surface area (Å²) in [5, 5.41) is 22.6. The first-order valence-corrected chi connectivity index (χ1v) is 15.0. The molecule has 3 atom stereocenters. The average molecular weight is 544 g/mol. The number of aromatic amines is 1. The summed E-state index contributed by atoms with van der Waals surface area (Å²) in [5.74, 6) is 1.78. The van der Waals surface area contributed by atoms with E-state index in [0.717, 1.165) is 15.9 Å². The minimum Gasteiger partial charge on any atom is -0.341 e. The third-order valence-electron chi connectivity index (χ3n) is 7.50. The van der Waals surface area contributed by atoms with Crippen LogP contribution in [0.25, 0.3) is 10.2 Å². The molecule has 0 saturated carbocycles. The van der Waals surface area contributed by atoms with Crippen LogP contribution in [0.15, 0.2) is 17.5 Å². The van der Waals surface area contributed by atoms with Gasteiger partial charge in [-0.05, 0) is 44.1 Å². The summed E-state index contributed by atoms with van der Waals surface area (Å²) in [6.07, 6.45) is 2.80. The lowest BCUT2D eigenvalue weighted by Gasteiger charge is -2.49. The summed E-state index contributed by atoms with van der Waals surface area (Å²) in [5.41, 5.74) is 0.953. The molecule has 5 heterocycles. The Morgan fingerprint density at radius 1 is 1.24 bits per heavy atom. The van der Waals surface area contributed by atoms with Gasteiger partial charge in [-0.1, -0.05) is 13.8 Å². The van der Waals surface area contributed by atoms with Crippen LogP contribution in [0.5, 0.6) is 0 Å². The molecule has 13 heteroatoms. The van der Waals surface area contributed by atoms with Crippen molar-refractivity contribution < 1.29 is 8.42 Å². The largest absolute Gasteiger partial charge is 0.341 e. The zero-order valence-corrected chi connectivity index (χ0v) is 23.2. The van der Waals surface area contributed by atoms with Crippen molar-refractivity contribution in [3.8, 4) is 6.07 Å². The molecule has 5 rings (SSSR count). The summed E-state index contributed by atoms with van der Waals surface area (Å²) in [6, 6.07) is 5.92. The number of hydrogen-bond donors (Lipinski definition) is 2. The summed E-state index contributed by atoms with van der Waals surface area (Å²) < 4.78 is 30.3. The molecule has 3 aromatic heterocycles. The second-order valence-electron chi connectivity index (χ2n) is 9.91. The highest BCUT2D eigenvalue weighted by atomic mass is 32.2. The predicted octanol–water partition coefficient (Wildman–Crippen LogP) is 3.62. The van der Waals surface area contributed by atoms with Crippen LogP contribution in [0.3, 0.4) is 0 Å². The molecule has 2 fully saturated rings.